The molecule has 0 aliphatic carbocycles. The molecule has 0 fully saturated rings. The first kappa shape index (κ1) is 19.6. The van der Waals surface area contributed by atoms with Crippen molar-refractivity contribution in [3.8, 4) is 11.8 Å². The average Bonchev–Trinajstić information content (AvgIpc) is 3.35. The molecule has 2 aromatic heterocycles. The van der Waals surface area contributed by atoms with E-state index in [2.05, 4.69) is 26.8 Å². The summed E-state index contributed by atoms with van der Waals surface area (Å²) < 4.78 is 0. The van der Waals surface area contributed by atoms with Crippen molar-refractivity contribution in [1.29, 1.82) is 0 Å². The van der Waals surface area contributed by atoms with E-state index in [-0.39, 0.29) is 12.6 Å². The normalized spacial score (nSPS) is 14.8. The molecule has 148 valence electrons. The Kier molecular flexibility index (Phi) is 5.15. The first-order chi connectivity index (χ1) is 13.9. The quantitative estimate of drug-likeness (QED) is 0.551. The minimum atomic E-state index is -1.42. The van der Waals surface area contributed by atoms with Gasteiger partial charge in [-0.3, -0.25) is 0 Å². The van der Waals surface area contributed by atoms with Crippen LogP contribution in [0.4, 0.5) is 17.5 Å². The van der Waals surface area contributed by atoms with Gasteiger partial charge in [0, 0.05) is 24.0 Å². The number of aliphatic hydroxyl groups is 2. The third-order valence-electron chi connectivity index (χ3n) is 4.56. The van der Waals surface area contributed by atoms with E-state index in [0.717, 1.165) is 29.8 Å². The summed E-state index contributed by atoms with van der Waals surface area (Å²) in [5.41, 5.74) is 7.17. The van der Waals surface area contributed by atoms with Crippen molar-refractivity contribution in [3.63, 3.8) is 0 Å². The Morgan fingerprint density at radius 3 is 2.93 bits per heavy atom. The zero-order chi connectivity index (χ0) is 20.6. The molecule has 0 spiro atoms. The fourth-order valence-electron chi connectivity index (χ4n) is 3.09. The molecule has 1 aliphatic rings. The monoisotopic (exact) mass is 427 g/mol. The molecule has 3 heterocycles. The summed E-state index contributed by atoms with van der Waals surface area (Å²) in [6, 6.07) is 5.88. The number of thiazole rings is 1. The molecule has 9 heteroatoms. The highest BCUT2D eigenvalue weighted by Crippen LogP contribution is 2.37. The Morgan fingerprint density at radius 1 is 1.34 bits per heavy atom. The summed E-state index contributed by atoms with van der Waals surface area (Å²) in [4.78, 5) is 15.0. The molecule has 3 aromatic rings. The lowest BCUT2D eigenvalue weighted by Crippen LogP contribution is -2.18. The molecular weight excluding hydrogens is 410 g/mol. The number of benzene rings is 1. The van der Waals surface area contributed by atoms with Crippen molar-refractivity contribution in [1.82, 2.24) is 15.0 Å². The number of rotatable bonds is 3. The molecular formula is C20H18ClN5O2S. The van der Waals surface area contributed by atoms with Gasteiger partial charge in [0.1, 0.15) is 10.0 Å². The molecule has 0 amide bonds. The predicted molar refractivity (Wildman–Crippen MR) is 113 cm³/mol. The van der Waals surface area contributed by atoms with Crippen LogP contribution in [0.15, 0.2) is 30.6 Å². The van der Waals surface area contributed by atoms with E-state index in [1.54, 1.807) is 13.1 Å². The maximum atomic E-state index is 10.7. The molecule has 0 saturated carbocycles. The van der Waals surface area contributed by atoms with Gasteiger partial charge in [-0.15, -0.1) is 11.3 Å². The fraction of sp³-hybridized carbons (Fsp3) is 0.250. The zero-order valence-corrected chi connectivity index (χ0v) is 17.1. The molecule has 29 heavy (non-hydrogen) atoms. The van der Waals surface area contributed by atoms with Gasteiger partial charge in [0.25, 0.3) is 0 Å². The first-order valence-corrected chi connectivity index (χ1v) is 10.1. The van der Waals surface area contributed by atoms with Crippen molar-refractivity contribution >= 4 is 40.4 Å². The number of hydrogen-bond donors (Lipinski definition) is 3. The Hall–Kier alpha value is -2.70. The molecule has 1 aromatic carbocycles. The topological polar surface area (TPSA) is 108 Å². The Balaban J connectivity index is 1.65. The predicted octanol–water partition coefficient (Wildman–Crippen LogP) is 2.61. The van der Waals surface area contributed by atoms with Crippen LogP contribution in [0.2, 0.25) is 5.02 Å². The van der Waals surface area contributed by atoms with E-state index < -0.39 is 5.60 Å². The SMILES string of the molecule is CC(O)(C#Cc1ccc2c(c1)N(c1nc(N)ncc1Cl)CC2)c1ncc(CO)s1. The van der Waals surface area contributed by atoms with Crippen molar-refractivity contribution in [3.05, 3.63) is 56.6 Å². The summed E-state index contributed by atoms with van der Waals surface area (Å²) in [6.45, 7) is 2.20. The Morgan fingerprint density at radius 2 is 2.17 bits per heavy atom. The molecule has 0 saturated heterocycles. The zero-order valence-electron chi connectivity index (χ0n) is 15.6. The van der Waals surface area contributed by atoms with Crippen molar-refractivity contribution in [2.45, 2.75) is 25.6 Å². The van der Waals surface area contributed by atoms with Crippen molar-refractivity contribution < 1.29 is 10.2 Å². The maximum Gasteiger partial charge on any atom is 0.222 e. The third-order valence-corrected chi connectivity index (χ3v) is 6.02. The highest BCUT2D eigenvalue weighted by molar-refractivity contribution is 7.11. The standard InChI is InChI=1S/C20H18ClN5O2S/c1-20(28,18-23-9-14(11-27)29-18)6-4-12-2-3-13-5-7-26(16(13)8-12)17-15(21)10-24-19(22)25-17/h2-3,8-10,27-28H,5,7,11H2,1H3,(H2,22,24,25). The fourth-order valence-corrected chi connectivity index (χ4v) is 4.06. The van der Waals surface area contributed by atoms with Gasteiger partial charge in [0.2, 0.25) is 5.95 Å². The molecule has 1 aliphatic heterocycles. The number of halogens is 1. The largest absolute Gasteiger partial charge is 0.391 e. The second kappa shape index (κ2) is 7.61. The smallest absolute Gasteiger partial charge is 0.222 e. The van der Waals surface area contributed by atoms with E-state index in [0.29, 0.717) is 20.7 Å². The van der Waals surface area contributed by atoms with E-state index in [1.807, 2.05) is 23.1 Å². The summed E-state index contributed by atoms with van der Waals surface area (Å²) >= 11 is 7.51. The lowest BCUT2D eigenvalue weighted by atomic mass is 10.1. The van der Waals surface area contributed by atoms with E-state index in [1.165, 1.54) is 17.5 Å². The second-order valence-electron chi connectivity index (χ2n) is 6.76. The summed E-state index contributed by atoms with van der Waals surface area (Å²) in [7, 11) is 0. The first-order valence-electron chi connectivity index (χ1n) is 8.87. The molecule has 0 bridgehead atoms. The average molecular weight is 428 g/mol. The van der Waals surface area contributed by atoms with Gasteiger partial charge in [-0.1, -0.05) is 29.5 Å². The number of anilines is 3. The van der Waals surface area contributed by atoms with Gasteiger partial charge in [0.15, 0.2) is 11.4 Å². The lowest BCUT2D eigenvalue weighted by molar-refractivity contribution is 0.122. The number of aromatic nitrogens is 3. The number of nitrogens with zero attached hydrogens (tertiary/aromatic N) is 4. The molecule has 0 radical (unpaired) electrons. The van der Waals surface area contributed by atoms with Crippen molar-refractivity contribution in [2.24, 2.45) is 0 Å². The van der Waals surface area contributed by atoms with Crippen LogP contribution >= 0.6 is 22.9 Å². The second-order valence-corrected chi connectivity index (χ2v) is 8.28. The minimum absolute atomic E-state index is 0.113. The van der Waals surface area contributed by atoms with Crippen molar-refractivity contribution in [2.75, 3.05) is 17.2 Å². The Bertz CT molecular complexity index is 1140. The van der Waals surface area contributed by atoms with Crippen LogP contribution in [0.25, 0.3) is 0 Å². The van der Waals surface area contributed by atoms with E-state index >= 15 is 0 Å². The summed E-state index contributed by atoms with van der Waals surface area (Å²) in [5.74, 6) is 6.63. The summed E-state index contributed by atoms with van der Waals surface area (Å²) in [6.07, 6.45) is 3.89. The van der Waals surface area contributed by atoms with Gasteiger partial charge in [-0.25, -0.2) is 9.97 Å². The Labute approximate surface area is 176 Å². The van der Waals surface area contributed by atoms with Crippen LogP contribution in [0.1, 0.15) is 27.9 Å². The highest BCUT2D eigenvalue weighted by atomic mass is 35.5. The number of nitrogens with two attached hydrogens (primary N) is 1. The minimum Gasteiger partial charge on any atom is -0.391 e. The van der Waals surface area contributed by atoms with Crippen LogP contribution in [-0.2, 0) is 18.6 Å². The van der Waals surface area contributed by atoms with E-state index in [9.17, 15) is 10.2 Å². The van der Waals surface area contributed by atoms with Crippen LogP contribution in [0.3, 0.4) is 0 Å². The van der Waals surface area contributed by atoms with Crippen LogP contribution < -0.4 is 10.6 Å². The summed E-state index contributed by atoms with van der Waals surface area (Å²) in [5, 5.41) is 20.7. The number of nitrogen functional groups attached to an aromatic ring is 1. The van der Waals surface area contributed by atoms with Crippen LogP contribution in [0.5, 0.6) is 0 Å². The van der Waals surface area contributed by atoms with E-state index in [4.69, 9.17) is 17.3 Å². The highest BCUT2D eigenvalue weighted by Gasteiger charge is 2.26. The van der Waals surface area contributed by atoms with Crippen LogP contribution in [0, 0.1) is 11.8 Å². The molecule has 1 unspecified atom stereocenters. The lowest BCUT2D eigenvalue weighted by Gasteiger charge is -2.19. The van der Waals surface area contributed by atoms with Gasteiger partial charge in [0.05, 0.1) is 17.7 Å². The number of aliphatic hydroxyl groups excluding tert-OH is 1. The van der Waals surface area contributed by atoms with Gasteiger partial charge < -0.3 is 20.8 Å². The molecule has 7 nitrogen and oxygen atoms in total. The van der Waals surface area contributed by atoms with Gasteiger partial charge >= 0.3 is 0 Å². The third kappa shape index (κ3) is 3.91. The van der Waals surface area contributed by atoms with Gasteiger partial charge in [-0.2, -0.15) is 4.98 Å². The number of fused-ring (bicyclic) bond motifs is 1. The molecule has 1 atom stereocenters. The maximum absolute atomic E-state index is 10.7. The molecule has 4 N–H and O–H groups in total. The molecule has 4 rings (SSSR count). The number of hydrogen-bond acceptors (Lipinski definition) is 8. The van der Waals surface area contributed by atoms with Gasteiger partial charge in [-0.05, 0) is 31.0 Å². The van der Waals surface area contributed by atoms with Crippen LogP contribution in [-0.4, -0.2) is 31.7 Å².